The van der Waals surface area contributed by atoms with Gasteiger partial charge in [-0.15, -0.1) is 10.2 Å². The first-order valence-electron chi connectivity index (χ1n) is 9.13. The number of aryl methyl sites for hydroxylation is 2. The highest BCUT2D eigenvalue weighted by Crippen LogP contribution is 2.19. The first kappa shape index (κ1) is 19.0. The van der Waals surface area contributed by atoms with Crippen LogP contribution in [-0.2, 0) is 17.6 Å². The van der Waals surface area contributed by atoms with Crippen molar-refractivity contribution in [3.8, 4) is 5.75 Å². The molecular formula is C21H23N3O2S. The quantitative estimate of drug-likeness (QED) is 0.592. The summed E-state index contributed by atoms with van der Waals surface area (Å²) in [6.45, 7) is 1.92. The number of nitrogens with zero attached hydrogens (tertiary/aromatic N) is 2. The first-order valence-corrected chi connectivity index (χ1v) is 9.95. The number of benzene rings is 2. The molecule has 0 aliphatic rings. The van der Waals surface area contributed by atoms with Gasteiger partial charge >= 0.3 is 0 Å². The number of hydrogen-bond acceptors (Lipinski definition) is 5. The molecule has 6 heteroatoms. The predicted octanol–water partition coefficient (Wildman–Crippen LogP) is 4.51. The van der Waals surface area contributed by atoms with Gasteiger partial charge in [0.15, 0.2) is 6.10 Å². The molecule has 0 saturated carbocycles. The second-order valence-corrected chi connectivity index (χ2v) is 7.22. The van der Waals surface area contributed by atoms with Gasteiger partial charge in [0.05, 0.1) is 0 Å². The van der Waals surface area contributed by atoms with E-state index in [1.807, 2.05) is 43.3 Å². The smallest absolute Gasteiger partial charge is 0.267 e. The van der Waals surface area contributed by atoms with Crippen molar-refractivity contribution in [2.45, 2.75) is 38.7 Å². The highest BCUT2D eigenvalue weighted by Gasteiger charge is 2.20. The Balaban J connectivity index is 1.49. The average molecular weight is 382 g/mol. The summed E-state index contributed by atoms with van der Waals surface area (Å²) < 4.78 is 5.76. The average Bonchev–Trinajstić information content (AvgIpc) is 3.15. The molecule has 1 unspecified atom stereocenters. The molecule has 2 aromatic carbocycles. The number of carbonyl (C=O) groups is 1. The highest BCUT2D eigenvalue weighted by atomic mass is 32.1. The summed E-state index contributed by atoms with van der Waals surface area (Å²) in [6, 6.07) is 19.7. The van der Waals surface area contributed by atoms with E-state index in [0.29, 0.717) is 17.3 Å². The highest BCUT2D eigenvalue weighted by molar-refractivity contribution is 7.15. The Morgan fingerprint density at radius 1 is 1.04 bits per heavy atom. The Kier molecular flexibility index (Phi) is 6.93. The molecule has 0 aliphatic carbocycles. The van der Waals surface area contributed by atoms with Gasteiger partial charge in [-0.3, -0.25) is 10.1 Å². The lowest BCUT2D eigenvalue weighted by atomic mass is 10.1. The molecule has 0 saturated heterocycles. The second-order valence-electron chi connectivity index (χ2n) is 6.16. The van der Waals surface area contributed by atoms with E-state index in [2.05, 4.69) is 39.8 Å². The van der Waals surface area contributed by atoms with Gasteiger partial charge in [-0.25, -0.2) is 0 Å². The maximum absolute atomic E-state index is 12.5. The number of rotatable bonds is 9. The van der Waals surface area contributed by atoms with Crippen LogP contribution in [-0.4, -0.2) is 22.2 Å². The number of aromatic nitrogens is 2. The largest absolute Gasteiger partial charge is 0.481 e. The van der Waals surface area contributed by atoms with Crippen LogP contribution < -0.4 is 10.1 Å². The fraction of sp³-hybridized carbons (Fsp3) is 0.286. The third-order valence-electron chi connectivity index (χ3n) is 4.08. The normalized spacial score (nSPS) is 11.7. The van der Waals surface area contributed by atoms with Gasteiger partial charge < -0.3 is 4.74 Å². The molecule has 1 aromatic heterocycles. The van der Waals surface area contributed by atoms with E-state index in [1.54, 1.807) is 0 Å². The van der Waals surface area contributed by atoms with Crippen LogP contribution in [0, 0.1) is 0 Å². The number of carbonyl (C=O) groups excluding carboxylic acids is 1. The van der Waals surface area contributed by atoms with Crippen LogP contribution in [0.4, 0.5) is 5.13 Å². The first-order chi connectivity index (χ1) is 13.2. The molecule has 0 radical (unpaired) electrons. The minimum Gasteiger partial charge on any atom is -0.481 e. The van der Waals surface area contributed by atoms with Crippen molar-refractivity contribution in [3.05, 3.63) is 71.2 Å². The number of anilines is 1. The van der Waals surface area contributed by atoms with E-state index in [0.717, 1.165) is 24.3 Å². The minimum atomic E-state index is -0.558. The van der Waals surface area contributed by atoms with Crippen molar-refractivity contribution in [3.63, 3.8) is 0 Å². The van der Waals surface area contributed by atoms with Crippen molar-refractivity contribution in [2.24, 2.45) is 0 Å². The van der Waals surface area contributed by atoms with Crippen LogP contribution in [0.25, 0.3) is 0 Å². The summed E-state index contributed by atoms with van der Waals surface area (Å²) in [4.78, 5) is 12.5. The van der Waals surface area contributed by atoms with Crippen molar-refractivity contribution in [2.75, 3.05) is 5.32 Å². The van der Waals surface area contributed by atoms with E-state index in [4.69, 9.17) is 4.74 Å². The number of ether oxygens (including phenoxy) is 1. The zero-order valence-electron chi connectivity index (χ0n) is 15.3. The lowest BCUT2D eigenvalue weighted by Gasteiger charge is -2.16. The molecule has 0 bridgehead atoms. The Morgan fingerprint density at radius 3 is 2.44 bits per heavy atom. The van der Waals surface area contributed by atoms with Gasteiger partial charge in [0.2, 0.25) is 5.13 Å². The second kappa shape index (κ2) is 9.83. The molecule has 1 heterocycles. The van der Waals surface area contributed by atoms with Crippen molar-refractivity contribution in [1.82, 2.24) is 10.2 Å². The van der Waals surface area contributed by atoms with E-state index in [9.17, 15) is 4.79 Å². The molecular weight excluding hydrogens is 358 g/mol. The fourth-order valence-electron chi connectivity index (χ4n) is 2.67. The summed E-state index contributed by atoms with van der Waals surface area (Å²) in [5, 5.41) is 12.5. The monoisotopic (exact) mass is 381 g/mol. The lowest BCUT2D eigenvalue weighted by Crippen LogP contribution is -2.32. The summed E-state index contributed by atoms with van der Waals surface area (Å²) in [5.74, 6) is 0.478. The van der Waals surface area contributed by atoms with Gasteiger partial charge in [-0.1, -0.05) is 66.8 Å². The van der Waals surface area contributed by atoms with Gasteiger partial charge in [-0.05, 0) is 37.0 Å². The molecule has 1 amide bonds. The zero-order chi connectivity index (χ0) is 18.9. The standard InChI is InChI=1S/C21H23N3O2S/c1-2-18(26-17-13-7-4-8-14-17)20(25)22-21-24-23-19(27-21)15-9-12-16-10-5-3-6-11-16/h3-8,10-11,13-14,18H,2,9,12,15H2,1H3,(H,22,24,25). The number of amides is 1. The van der Waals surface area contributed by atoms with Gasteiger partial charge in [-0.2, -0.15) is 0 Å². The molecule has 5 nitrogen and oxygen atoms in total. The number of hydrogen-bond donors (Lipinski definition) is 1. The van der Waals surface area contributed by atoms with Crippen LogP contribution in [0.2, 0.25) is 0 Å². The van der Waals surface area contributed by atoms with Crippen LogP contribution in [0.15, 0.2) is 60.7 Å². The van der Waals surface area contributed by atoms with Gasteiger partial charge in [0.25, 0.3) is 5.91 Å². The zero-order valence-corrected chi connectivity index (χ0v) is 16.1. The Hall–Kier alpha value is -2.73. The molecule has 0 fully saturated rings. The Morgan fingerprint density at radius 2 is 1.74 bits per heavy atom. The SMILES string of the molecule is CCC(Oc1ccccc1)C(=O)Nc1nnc(CCCc2ccccc2)s1. The Labute approximate surface area is 163 Å². The predicted molar refractivity (Wildman–Crippen MR) is 108 cm³/mol. The van der Waals surface area contributed by atoms with Crippen LogP contribution in [0.3, 0.4) is 0 Å². The molecule has 1 N–H and O–H groups in total. The van der Waals surface area contributed by atoms with E-state index < -0.39 is 6.10 Å². The van der Waals surface area contributed by atoms with E-state index >= 15 is 0 Å². The fourth-order valence-corrected chi connectivity index (χ4v) is 3.45. The molecule has 27 heavy (non-hydrogen) atoms. The Bertz CT molecular complexity index is 837. The van der Waals surface area contributed by atoms with E-state index in [1.165, 1.54) is 16.9 Å². The maximum atomic E-state index is 12.5. The summed E-state index contributed by atoms with van der Waals surface area (Å²) in [6.07, 6.45) is 2.87. The third-order valence-corrected chi connectivity index (χ3v) is 4.98. The lowest BCUT2D eigenvalue weighted by molar-refractivity contribution is -0.122. The van der Waals surface area contributed by atoms with Gasteiger partial charge in [0, 0.05) is 6.42 Å². The molecule has 3 aromatic rings. The van der Waals surface area contributed by atoms with Gasteiger partial charge in [0.1, 0.15) is 10.8 Å². The molecule has 1 atom stereocenters. The maximum Gasteiger partial charge on any atom is 0.267 e. The van der Waals surface area contributed by atoms with Crippen molar-refractivity contribution in [1.29, 1.82) is 0 Å². The molecule has 3 rings (SSSR count). The summed E-state index contributed by atoms with van der Waals surface area (Å²) in [7, 11) is 0. The topological polar surface area (TPSA) is 64.1 Å². The molecule has 0 spiro atoms. The third kappa shape index (κ3) is 5.89. The van der Waals surface area contributed by atoms with Crippen LogP contribution in [0.1, 0.15) is 30.3 Å². The van der Waals surface area contributed by atoms with Crippen molar-refractivity contribution >= 4 is 22.4 Å². The number of para-hydroxylation sites is 1. The molecule has 140 valence electrons. The summed E-state index contributed by atoms with van der Waals surface area (Å²) >= 11 is 1.42. The van der Waals surface area contributed by atoms with Crippen LogP contribution >= 0.6 is 11.3 Å². The molecule has 0 aliphatic heterocycles. The number of nitrogens with one attached hydrogen (secondary N) is 1. The van der Waals surface area contributed by atoms with Crippen molar-refractivity contribution < 1.29 is 9.53 Å². The van der Waals surface area contributed by atoms with E-state index in [-0.39, 0.29) is 5.91 Å². The van der Waals surface area contributed by atoms with Crippen LogP contribution in [0.5, 0.6) is 5.75 Å². The summed E-state index contributed by atoms with van der Waals surface area (Å²) in [5.41, 5.74) is 1.32. The minimum absolute atomic E-state index is 0.201.